The van der Waals surface area contributed by atoms with Crippen molar-refractivity contribution in [3.8, 4) is 0 Å². The maximum atomic E-state index is 10.4. The van der Waals surface area contributed by atoms with E-state index in [0.29, 0.717) is 26.0 Å². The van der Waals surface area contributed by atoms with E-state index in [1.165, 1.54) is 40.8 Å². The number of nitrogens with two attached hydrogens (primary N) is 1. The highest BCUT2D eigenvalue weighted by Crippen LogP contribution is 1.96. The Bertz CT molecular complexity index is 402. The average molecular weight is 491 g/mol. The number of carbonyl (C=O) groups excluding carboxylic acids is 3. The number of nitrogens with zero attached hydrogens (tertiary/aromatic N) is 1. The largest absolute Gasteiger partial charge is 0.469 e. The first-order valence-electron chi connectivity index (χ1n) is 10.5. The van der Waals surface area contributed by atoms with Crippen LogP contribution in [-0.4, -0.2) is 91.7 Å². The minimum Gasteiger partial charge on any atom is -0.469 e. The van der Waals surface area contributed by atoms with Crippen molar-refractivity contribution in [1.29, 1.82) is 0 Å². The lowest BCUT2D eigenvalue weighted by Crippen LogP contribution is -2.21. The molecule has 0 radical (unpaired) electrons. The molecule has 0 heterocycles. The lowest BCUT2D eigenvalue weighted by atomic mass is 10.2. The zero-order valence-corrected chi connectivity index (χ0v) is 22.1. The molecule has 0 aromatic heterocycles. The van der Waals surface area contributed by atoms with Crippen molar-refractivity contribution >= 4 is 29.0 Å². The molecule has 0 aliphatic rings. The van der Waals surface area contributed by atoms with Crippen LogP contribution in [0.15, 0.2) is 0 Å². The molecule has 4 N–H and O–H groups in total. The first kappa shape index (κ1) is 40.9. The van der Waals surface area contributed by atoms with Crippen LogP contribution >= 0.6 is 11.6 Å². The summed E-state index contributed by atoms with van der Waals surface area (Å²) in [6.07, 6.45) is 0.0278. The number of carbonyl (C=O) groups is 3. The smallest absolute Gasteiger partial charge is 0.403 e. The van der Waals surface area contributed by atoms with Crippen LogP contribution in [0, 0.1) is 0 Å². The fourth-order valence-corrected chi connectivity index (χ4v) is 1.30. The molecular weight excluding hydrogens is 444 g/mol. The van der Waals surface area contributed by atoms with E-state index in [-0.39, 0.29) is 18.0 Å². The average Bonchev–Trinajstić information content (AvgIpc) is 2.74. The van der Waals surface area contributed by atoms with Gasteiger partial charge in [0.15, 0.2) is 0 Å². The van der Waals surface area contributed by atoms with Gasteiger partial charge in [0, 0.05) is 31.5 Å². The zero-order chi connectivity index (χ0) is 26.5. The summed E-state index contributed by atoms with van der Waals surface area (Å²) in [6.45, 7) is 17.4. The van der Waals surface area contributed by atoms with E-state index >= 15 is 0 Å². The first-order chi connectivity index (χ1) is 14.8. The highest BCUT2D eigenvalue weighted by Gasteiger charge is 2.01. The Balaban J connectivity index is -0.0000000969. The lowest BCUT2D eigenvalue weighted by molar-refractivity contribution is -0.141. The molecule has 0 saturated heterocycles. The van der Waals surface area contributed by atoms with Gasteiger partial charge in [-0.15, -0.1) is 0 Å². The van der Waals surface area contributed by atoms with E-state index in [1.54, 1.807) is 20.8 Å². The maximum Gasteiger partial charge on any atom is 0.403 e. The Hall–Kier alpha value is -1.46. The van der Waals surface area contributed by atoms with Crippen molar-refractivity contribution in [1.82, 2.24) is 4.90 Å². The molecule has 0 fully saturated rings. The summed E-state index contributed by atoms with van der Waals surface area (Å²) in [6, 6.07) is 0. The monoisotopic (exact) mass is 490 g/mol. The van der Waals surface area contributed by atoms with Gasteiger partial charge in [0.2, 0.25) is 0 Å². The van der Waals surface area contributed by atoms with Crippen LogP contribution in [-0.2, 0) is 23.8 Å². The number of ether oxygens (including phenoxy) is 3. The molecule has 11 heteroatoms. The van der Waals surface area contributed by atoms with Gasteiger partial charge < -0.3 is 35.1 Å². The Labute approximate surface area is 199 Å². The van der Waals surface area contributed by atoms with Gasteiger partial charge in [0.1, 0.15) is 0 Å². The van der Waals surface area contributed by atoms with Gasteiger partial charge in [-0.05, 0) is 46.8 Å². The minimum absolute atomic E-state index is 0.211. The van der Waals surface area contributed by atoms with Gasteiger partial charge in [-0.25, -0.2) is 4.79 Å². The first-order valence-corrected chi connectivity index (χ1v) is 10.9. The summed E-state index contributed by atoms with van der Waals surface area (Å²) >= 11 is 4.60. The standard InChI is InChI=1S/C6H15N.C6H12O3.C4H8O2.C3H9NO.C2H3ClO2/c1-4-7(5-2)6-3;1-5(7)3-4-6(8)9-2;1-3-6-4(2)5;1-3(5)2-4;1-5-2(3)4/h4-6H2,1-3H3;5,7H,3-4H2,1-2H3;3H2,1-2H3;3,5H,2,4H2,1H3;1H3. The number of halogens is 1. The number of hydrogen-bond acceptors (Lipinski definition) is 10. The van der Waals surface area contributed by atoms with Crippen molar-refractivity contribution in [2.24, 2.45) is 5.73 Å². The molecular formula is C21H47ClN2O8. The van der Waals surface area contributed by atoms with Crippen molar-refractivity contribution < 1.29 is 38.8 Å². The highest BCUT2D eigenvalue weighted by molar-refractivity contribution is 6.61. The molecule has 0 aromatic carbocycles. The number of methoxy groups -OCH3 is 2. The van der Waals surface area contributed by atoms with Gasteiger partial charge in [-0.3, -0.25) is 9.59 Å². The van der Waals surface area contributed by atoms with Gasteiger partial charge >= 0.3 is 17.4 Å². The molecule has 2 atom stereocenters. The fourth-order valence-electron chi connectivity index (χ4n) is 1.30. The number of aliphatic hydroxyl groups excluding tert-OH is 2. The Kier molecular flexibility index (Phi) is 43.6. The molecule has 0 bridgehead atoms. The molecule has 0 amide bonds. The Morgan fingerprint density at radius 3 is 1.41 bits per heavy atom. The molecule has 0 aliphatic heterocycles. The second kappa shape index (κ2) is 34.2. The molecule has 0 saturated carbocycles. The second-order valence-electron chi connectivity index (χ2n) is 6.03. The number of aliphatic hydroxyl groups is 2. The third-order valence-corrected chi connectivity index (χ3v) is 3.34. The predicted octanol–water partition coefficient (Wildman–Crippen LogP) is 2.56. The fraction of sp³-hybridized carbons (Fsp3) is 0.857. The molecule has 10 nitrogen and oxygen atoms in total. The van der Waals surface area contributed by atoms with Crippen molar-refractivity contribution in [3.63, 3.8) is 0 Å². The van der Waals surface area contributed by atoms with E-state index in [0.717, 1.165) is 0 Å². The normalized spacial score (nSPS) is 10.7. The summed E-state index contributed by atoms with van der Waals surface area (Å²) in [5.74, 6) is -0.478. The van der Waals surface area contributed by atoms with Crippen LogP contribution in [0.2, 0.25) is 0 Å². The maximum absolute atomic E-state index is 10.4. The summed E-state index contributed by atoms with van der Waals surface area (Å²) in [5.41, 5.74) is 4.15. The SMILES string of the molecule is CC(O)CN.CCN(CC)CC.CCOC(C)=O.COC(=O)CCC(C)O.COC(=O)Cl. The highest BCUT2D eigenvalue weighted by atomic mass is 35.5. The lowest BCUT2D eigenvalue weighted by Gasteiger charge is -2.13. The second-order valence-corrected chi connectivity index (χ2v) is 6.34. The van der Waals surface area contributed by atoms with Crippen molar-refractivity contribution in [3.05, 3.63) is 0 Å². The minimum atomic E-state index is -0.773. The molecule has 32 heavy (non-hydrogen) atoms. The van der Waals surface area contributed by atoms with Crippen LogP contribution in [0.4, 0.5) is 4.79 Å². The van der Waals surface area contributed by atoms with Gasteiger partial charge in [0.05, 0.1) is 33.0 Å². The molecule has 196 valence electrons. The summed E-state index contributed by atoms with van der Waals surface area (Å²) in [7, 11) is 2.56. The van der Waals surface area contributed by atoms with Gasteiger partial charge in [-0.1, -0.05) is 20.8 Å². The van der Waals surface area contributed by atoms with Crippen molar-refractivity contribution in [2.45, 2.75) is 73.5 Å². The zero-order valence-electron chi connectivity index (χ0n) is 21.4. The van der Waals surface area contributed by atoms with Gasteiger partial charge in [0.25, 0.3) is 0 Å². The predicted molar refractivity (Wildman–Crippen MR) is 128 cm³/mol. The number of rotatable bonds is 8. The Morgan fingerprint density at radius 2 is 1.31 bits per heavy atom. The van der Waals surface area contributed by atoms with Crippen LogP contribution < -0.4 is 5.73 Å². The third-order valence-electron chi connectivity index (χ3n) is 3.18. The van der Waals surface area contributed by atoms with Crippen LogP contribution in [0.1, 0.15) is 61.3 Å². The summed E-state index contributed by atoms with van der Waals surface area (Å²) in [5, 5.41) is 16.9. The van der Waals surface area contributed by atoms with Crippen LogP contribution in [0.25, 0.3) is 0 Å². The summed E-state index contributed by atoms with van der Waals surface area (Å²) in [4.78, 5) is 31.9. The Morgan fingerprint density at radius 1 is 0.938 bits per heavy atom. The van der Waals surface area contributed by atoms with Crippen molar-refractivity contribution in [2.75, 3.05) is 47.0 Å². The van der Waals surface area contributed by atoms with E-state index in [1.807, 2.05) is 0 Å². The number of hydrogen-bond donors (Lipinski definition) is 3. The molecule has 0 aromatic rings. The molecule has 0 aliphatic carbocycles. The molecule has 0 spiro atoms. The quantitative estimate of drug-likeness (QED) is 0.263. The third kappa shape index (κ3) is 63.0. The van der Waals surface area contributed by atoms with Gasteiger partial charge in [-0.2, -0.15) is 0 Å². The molecule has 2 unspecified atom stereocenters. The van der Waals surface area contributed by atoms with E-state index in [4.69, 9.17) is 15.9 Å². The topological polar surface area (TPSA) is 149 Å². The molecule has 0 rings (SSSR count). The summed E-state index contributed by atoms with van der Waals surface area (Å²) < 4.78 is 12.6. The van der Waals surface area contributed by atoms with Crippen LogP contribution in [0.3, 0.4) is 0 Å². The van der Waals surface area contributed by atoms with E-state index in [2.05, 4.69) is 51.5 Å². The number of esters is 2. The van der Waals surface area contributed by atoms with E-state index in [9.17, 15) is 14.4 Å². The van der Waals surface area contributed by atoms with Crippen LogP contribution in [0.5, 0.6) is 0 Å². The van der Waals surface area contributed by atoms with E-state index < -0.39 is 11.5 Å².